The van der Waals surface area contributed by atoms with Crippen LogP contribution in [0.2, 0.25) is 0 Å². The van der Waals surface area contributed by atoms with E-state index in [2.05, 4.69) is 12.2 Å². The van der Waals surface area contributed by atoms with Crippen molar-refractivity contribution in [3.05, 3.63) is 24.3 Å². The number of sulfonamides is 1. The Bertz CT molecular complexity index is 537. The van der Waals surface area contributed by atoms with Crippen LogP contribution in [0.5, 0.6) is 0 Å². The van der Waals surface area contributed by atoms with Gasteiger partial charge in [0, 0.05) is 26.3 Å². The second-order valence-electron chi connectivity index (χ2n) is 5.98. The molecule has 2 unspecified atom stereocenters. The van der Waals surface area contributed by atoms with Crippen LogP contribution in [0, 0.1) is 11.8 Å². The molecule has 4 nitrogen and oxygen atoms in total. The van der Waals surface area contributed by atoms with E-state index >= 15 is 0 Å². The van der Waals surface area contributed by atoms with Crippen LogP contribution in [0.4, 0.5) is 5.69 Å². The number of anilines is 1. The quantitative estimate of drug-likeness (QED) is 0.909. The Morgan fingerprint density at radius 2 is 1.85 bits per heavy atom. The summed E-state index contributed by atoms with van der Waals surface area (Å²) in [6.07, 6.45) is 3.91. The smallest absolute Gasteiger partial charge is 0.242 e. The summed E-state index contributed by atoms with van der Waals surface area (Å²) in [7, 11) is -0.237. The topological polar surface area (TPSA) is 49.4 Å². The van der Waals surface area contributed by atoms with Crippen LogP contribution in [0.15, 0.2) is 29.2 Å². The SMILES string of the molecule is CC1CCC(CNc2ccc(S(=O)(=O)N(C)C)cc2)C1. The first-order valence-corrected chi connectivity index (χ1v) is 8.60. The highest BCUT2D eigenvalue weighted by Crippen LogP contribution is 2.30. The average Bonchev–Trinajstić information content (AvgIpc) is 2.82. The number of hydrogen-bond donors (Lipinski definition) is 1. The number of nitrogens with one attached hydrogen (secondary N) is 1. The lowest BCUT2D eigenvalue weighted by Gasteiger charge is -2.14. The molecule has 1 saturated carbocycles. The van der Waals surface area contributed by atoms with E-state index in [-0.39, 0.29) is 0 Å². The first-order chi connectivity index (χ1) is 9.39. The maximum absolute atomic E-state index is 12.0. The number of rotatable bonds is 5. The van der Waals surface area contributed by atoms with Crippen molar-refractivity contribution in [2.75, 3.05) is 26.0 Å². The third kappa shape index (κ3) is 3.52. The summed E-state index contributed by atoms with van der Waals surface area (Å²) in [6.45, 7) is 3.28. The van der Waals surface area contributed by atoms with Crippen LogP contribution in [0.25, 0.3) is 0 Å². The fraction of sp³-hybridized carbons (Fsp3) is 0.600. The summed E-state index contributed by atoms with van der Waals surface area (Å²) in [5, 5.41) is 3.41. The van der Waals surface area contributed by atoms with Crippen molar-refractivity contribution in [2.45, 2.75) is 31.1 Å². The van der Waals surface area contributed by atoms with Crippen LogP contribution >= 0.6 is 0 Å². The monoisotopic (exact) mass is 296 g/mol. The minimum atomic E-state index is -3.33. The zero-order valence-electron chi connectivity index (χ0n) is 12.5. The number of hydrogen-bond acceptors (Lipinski definition) is 3. The van der Waals surface area contributed by atoms with Gasteiger partial charge in [-0.2, -0.15) is 0 Å². The standard InChI is InChI=1S/C15H24N2O2S/c1-12-4-5-13(10-12)11-16-14-6-8-15(9-7-14)20(18,19)17(2)3/h6-9,12-13,16H,4-5,10-11H2,1-3H3. The van der Waals surface area contributed by atoms with Gasteiger partial charge in [-0.1, -0.05) is 13.3 Å². The second-order valence-corrected chi connectivity index (χ2v) is 8.13. The summed E-state index contributed by atoms with van der Waals surface area (Å²) >= 11 is 0. The van der Waals surface area contributed by atoms with E-state index < -0.39 is 10.0 Å². The molecule has 0 spiro atoms. The predicted molar refractivity (Wildman–Crippen MR) is 82.3 cm³/mol. The lowest BCUT2D eigenvalue weighted by molar-refractivity contribution is 0.520. The predicted octanol–water partition coefficient (Wildman–Crippen LogP) is 2.79. The van der Waals surface area contributed by atoms with E-state index in [1.54, 1.807) is 26.2 Å². The molecule has 0 amide bonds. The van der Waals surface area contributed by atoms with Gasteiger partial charge in [0.15, 0.2) is 0 Å². The number of benzene rings is 1. The van der Waals surface area contributed by atoms with E-state index in [0.717, 1.165) is 24.1 Å². The van der Waals surface area contributed by atoms with Gasteiger partial charge in [0.1, 0.15) is 0 Å². The van der Waals surface area contributed by atoms with Crippen molar-refractivity contribution in [2.24, 2.45) is 11.8 Å². The van der Waals surface area contributed by atoms with E-state index in [4.69, 9.17) is 0 Å². The van der Waals surface area contributed by atoms with Crippen molar-refractivity contribution in [3.8, 4) is 0 Å². The third-order valence-corrected chi connectivity index (χ3v) is 5.86. The van der Waals surface area contributed by atoms with E-state index in [1.807, 2.05) is 12.1 Å². The molecule has 1 fully saturated rings. The molecule has 2 atom stereocenters. The van der Waals surface area contributed by atoms with Gasteiger partial charge in [0.2, 0.25) is 10.0 Å². The summed E-state index contributed by atoms with van der Waals surface area (Å²) in [5.41, 5.74) is 0.988. The summed E-state index contributed by atoms with van der Waals surface area (Å²) in [4.78, 5) is 0.336. The molecule has 1 aliphatic rings. The van der Waals surface area contributed by atoms with Gasteiger partial charge in [-0.15, -0.1) is 0 Å². The molecule has 0 bridgehead atoms. The lowest BCUT2D eigenvalue weighted by atomic mass is 10.1. The van der Waals surface area contributed by atoms with Crippen LogP contribution in [-0.2, 0) is 10.0 Å². The van der Waals surface area contributed by atoms with Gasteiger partial charge in [0.05, 0.1) is 4.90 Å². The Hall–Kier alpha value is -1.07. The molecule has 0 heterocycles. The molecule has 0 aromatic heterocycles. The average molecular weight is 296 g/mol. The summed E-state index contributed by atoms with van der Waals surface area (Å²) in [5.74, 6) is 1.59. The molecular weight excluding hydrogens is 272 g/mol. The third-order valence-electron chi connectivity index (χ3n) is 4.03. The minimum Gasteiger partial charge on any atom is -0.385 e. The molecule has 0 aliphatic heterocycles. The molecule has 1 aliphatic carbocycles. The Morgan fingerprint density at radius 1 is 1.20 bits per heavy atom. The molecule has 5 heteroatoms. The normalized spacial score (nSPS) is 23.2. The van der Waals surface area contributed by atoms with Gasteiger partial charge >= 0.3 is 0 Å². The van der Waals surface area contributed by atoms with Gasteiger partial charge in [-0.25, -0.2) is 12.7 Å². The van der Waals surface area contributed by atoms with Gasteiger partial charge in [-0.05, 0) is 48.9 Å². The molecule has 1 aromatic rings. The highest BCUT2D eigenvalue weighted by molar-refractivity contribution is 7.89. The van der Waals surface area contributed by atoms with Crippen molar-refractivity contribution in [3.63, 3.8) is 0 Å². The molecule has 1 N–H and O–H groups in total. The highest BCUT2D eigenvalue weighted by Gasteiger charge is 2.21. The first-order valence-electron chi connectivity index (χ1n) is 7.16. The molecule has 20 heavy (non-hydrogen) atoms. The van der Waals surface area contributed by atoms with Gasteiger partial charge < -0.3 is 5.32 Å². The number of nitrogens with zero attached hydrogens (tertiary/aromatic N) is 1. The Labute approximate surface area is 122 Å². The Morgan fingerprint density at radius 3 is 2.35 bits per heavy atom. The minimum absolute atomic E-state index is 0.336. The Balaban J connectivity index is 1.95. The zero-order valence-corrected chi connectivity index (χ0v) is 13.3. The fourth-order valence-corrected chi connectivity index (χ4v) is 3.63. The highest BCUT2D eigenvalue weighted by atomic mass is 32.2. The van der Waals surface area contributed by atoms with Crippen LogP contribution in [-0.4, -0.2) is 33.4 Å². The van der Waals surface area contributed by atoms with E-state index in [1.165, 1.54) is 23.6 Å². The van der Waals surface area contributed by atoms with Gasteiger partial charge in [-0.3, -0.25) is 0 Å². The molecule has 0 saturated heterocycles. The molecule has 1 aromatic carbocycles. The summed E-state index contributed by atoms with van der Waals surface area (Å²) in [6, 6.07) is 7.01. The molecule has 0 radical (unpaired) electrons. The molecule has 112 valence electrons. The maximum Gasteiger partial charge on any atom is 0.242 e. The largest absolute Gasteiger partial charge is 0.385 e. The van der Waals surface area contributed by atoms with Crippen molar-refractivity contribution >= 4 is 15.7 Å². The molecular formula is C15H24N2O2S. The van der Waals surface area contributed by atoms with Crippen LogP contribution in [0.3, 0.4) is 0 Å². The van der Waals surface area contributed by atoms with Crippen molar-refractivity contribution in [1.29, 1.82) is 0 Å². The molecule has 2 rings (SSSR count). The zero-order chi connectivity index (χ0) is 14.8. The Kier molecular flexibility index (Phi) is 4.70. The maximum atomic E-state index is 12.0. The fourth-order valence-electron chi connectivity index (χ4n) is 2.73. The van der Waals surface area contributed by atoms with Crippen molar-refractivity contribution in [1.82, 2.24) is 4.31 Å². The first kappa shape index (κ1) is 15.3. The van der Waals surface area contributed by atoms with Crippen molar-refractivity contribution < 1.29 is 8.42 Å². The van der Waals surface area contributed by atoms with E-state index in [9.17, 15) is 8.42 Å². The van der Waals surface area contributed by atoms with Crippen LogP contribution in [0.1, 0.15) is 26.2 Å². The van der Waals surface area contributed by atoms with Crippen LogP contribution < -0.4 is 5.32 Å². The van der Waals surface area contributed by atoms with Gasteiger partial charge in [0.25, 0.3) is 0 Å². The lowest BCUT2D eigenvalue weighted by Crippen LogP contribution is -2.22. The van der Waals surface area contributed by atoms with E-state index in [0.29, 0.717) is 4.90 Å². The summed E-state index contributed by atoms with van der Waals surface area (Å²) < 4.78 is 25.1. The second kappa shape index (κ2) is 6.14.